The van der Waals surface area contributed by atoms with Crippen molar-refractivity contribution in [3.05, 3.63) is 0 Å². The van der Waals surface area contributed by atoms with Gasteiger partial charge < -0.3 is 10.2 Å². The molecule has 1 N–H and O–H groups in total. The fourth-order valence-electron chi connectivity index (χ4n) is 3.17. The van der Waals surface area contributed by atoms with Gasteiger partial charge in [0, 0.05) is 32.6 Å². The van der Waals surface area contributed by atoms with Crippen LogP contribution in [0.3, 0.4) is 0 Å². The summed E-state index contributed by atoms with van der Waals surface area (Å²) in [5, 5.41) is 2.82. The fourth-order valence-corrected chi connectivity index (χ4v) is 3.17. The predicted octanol–water partition coefficient (Wildman–Crippen LogP) is 2.10. The maximum Gasteiger partial charge on any atom is 0.317 e. The summed E-state index contributed by atoms with van der Waals surface area (Å²) < 4.78 is 0. The van der Waals surface area contributed by atoms with Gasteiger partial charge in [-0.15, -0.1) is 0 Å². The molecule has 4 amide bonds. The van der Waals surface area contributed by atoms with Gasteiger partial charge in [0.05, 0.1) is 5.92 Å². The lowest BCUT2D eigenvalue weighted by molar-refractivity contribution is -0.140. The highest BCUT2D eigenvalue weighted by Gasteiger charge is 2.44. The van der Waals surface area contributed by atoms with Crippen LogP contribution in [0.2, 0.25) is 0 Å². The second-order valence-electron chi connectivity index (χ2n) is 9.21. The number of rotatable bonds is 3. The van der Waals surface area contributed by atoms with Crippen molar-refractivity contribution in [2.24, 2.45) is 22.7 Å². The van der Waals surface area contributed by atoms with E-state index in [1.54, 1.807) is 4.90 Å². The standard InChI is InChI=1S/C18H31N3O3/c1-17(2,3)12-10-20(11-12)16(24)19-7-8-21-14(22)9-13(15(21)23)18(4,5)6/h12-13H,7-11H2,1-6H3,(H,19,24). The number of nitrogens with one attached hydrogen (secondary N) is 1. The third-order valence-corrected chi connectivity index (χ3v) is 5.29. The Balaban J connectivity index is 1.76. The third kappa shape index (κ3) is 3.90. The molecule has 0 bridgehead atoms. The summed E-state index contributed by atoms with van der Waals surface area (Å²) in [6.07, 6.45) is 0.273. The van der Waals surface area contributed by atoms with Crippen LogP contribution in [0.1, 0.15) is 48.0 Å². The number of urea groups is 1. The molecule has 0 saturated carbocycles. The maximum atomic E-state index is 12.4. The predicted molar refractivity (Wildman–Crippen MR) is 92.2 cm³/mol. The van der Waals surface area contributed by atoms with E-state index < -0.39 is 0 Å². The van der Waals surface area contributed by atoms with E-state index >= 15 is 0 Å². The Hall–Kier alpha value is -1.59. The van der Waals surface area contributed by atoms with Crippen LogP contribution in [-0.2, 0) is 9.59 Å². The Morgan fingerprint density at radius 2 is 1.67 bits per heavy atom. The van der Waals surface area contributed by atoms with Gasteiger partial charge in [0.15, 0.2) is 0 Å². The molecule has 1 unspecified atom stereocenters. The van der Waals surface area contributed by atoms with Gasteiger partial charge in [0.1, 0.15) is 0 Å². The quantitative estimate of drug-likeness (QED) is 0.802. The van der Waals surface area contributed by atoms with E-state index in [1.165, 1.54) is 4.90 Å². The summed E-state index contributed by atoms with van der Waals surface area (Å²) in [5.74, 6) is 0.0191. The first-order chi connectivity index (χ1) is 10.9. The molecule has 0 aliphatic carbocycles. The zero-order valence-electron chi connectivity index (χ0n) is 15.8. The highest BCUT2D eigenvalue weighted by molar-refractivity contribution is 6.03. The summed E-state index contributed by atoms with van der Waals surface area (Å²) in [5.41, 5.74) is -0.00250. The van der Waals surface area contributed by atoms with Gasteiger partial charge in [-0.25, -0.2) is 4.79 Å². The molecule has 6 heteroatoms. The van der Waals surface area contributed by atoms with Crippen LogP contribution in [-0.4, -0.2) is 53.8 Å². The van der Waals surface area contributed by atoms with Crippen LogP contribution in [0, 0.1) is 22.7 Å². The van der Waals surface area contributed by atoms with Crippen LogP contribution in [0.4, 0.5) is 4.79 Å². The number of nitrogens with zero attached hydrogens (tertiary/aromatic N) is 2. The normalized spacial score (nSPS) is 22.8. The Bertz CT molecular complexity index is 525. The van der Waals surface area contributed by atoms with Gasteiger partial charge >= 0.3 is 6.03 Å². The Labute approximate surface area is 144 Å². The maximum absolute atomic E-state index is 12.4. The summed E-state index contributed by atoms with van der Waals surface area (Å²) in [6.45, 7) is 14.6. The molecule has 136 valence electrons. The molecule has 2 aliphatic heterocycles. The number of imide groups is 1. The third-order valence-electron chi connectivity index (χ3n) is 5.29. The van der Waals surface area contributed by atoms with Gasteiger partial charge in [0.2, 0.25) is 11.8 Å². The Morgan fingerprint density at radius 1 is 1.08 bits per heavy atom. The van der Waals surface area contributed by atoms with E-state index in [0.717, 1.165) is 13.1 Å². The SMILES string of the molecule is CC(C)(C)C1CN(C(=O)NCCN2C(=O)CC(C(C)(C)C)C2=O)C1. The van der Waals surface area contributed by atoms with Crippen molar-refractivity contribution in [3.8, 4) is 0 Å². The van der Waals surface area contributed by atoms with Gasteiger partial charge in [-0.1, -0.05) is 41.5 Å². The van der Waals surface area contributed by atoms with Crippen molar-refractivity contribution in [2.75, 3.05) is 26.2 Å². The molecule has 2 aliphatic rings. The first-order valence-corrected chi connectivity index (χ1v) is 8.78. The topological polar surface area (TPSA) is 69.7 Å². The van der Waals surface area contributed by atoms with Gasteiger partial charge in [-0.2, -0.15) is 0 Å². The molecular formula is C18H31N3O3. The molecule has 6 nitrogen and oxygen atoms in total. The Kier molecular flexibility index (Phi) is 4.98. The van der Waals surface area contributed by atoms with E-state index in [9.17, 15) is 14.4 Å². The van der Waals surface area contributed by atoms with Gasteiger partial charge in [0.25, 0.3) is 0 Å². The van der Waals surface area contributed by atoms with Crippen LogP contribution >= 0.6 is 0 Å². The fraction of sp³-hybridized carbons (Fsp3) is 0.833. The van der Waals surface area contributed by atoms with E-state index in [1.807, 2.05) is 20.8 Å². The number of hydrogen-bond donors (Lipinski definition) is 1. The number of likely N-dealkylation sites (tertiary alicyclic amines) is 2. The minimum absolute atomic E-state index is 0.109. The first-order valence-electron chi connectivity index (χ1n) is 8.78. The van der Waals surface area contributed by atoms with Crippen molar-refractivity contribution in [1.82, 2.24) is 15.1 Å². The smallest absolute Gasteiger partial charge is 0.317 e. The highest BCUT2D eigenvalue weighted by Crippen LogP contribution is 2.35. The minimum Gasteiger partial charge on any atom is -0.336 e. The largest absolute Gasteiger partial charge is 0.336 e. The average molecular weight is 337 g/mol. The average Bonchev–Trinajstić information content (AvgIpc) is 2.62. The zero-order chi connectivity index (χ0) is 18.3. The van der Waals surface area contributed by atoms with Gasteiger partial charge in [-0.3, -0.25) is 14.5 Å². The van der Waals surface area contributed by atoms with E-state index in [4.69, 9.17) is 0 Å². The monoisotopic (exact) mass is 337 g/mol. The lowest BCUT2D eigenvalue weighted by Crippen LogP contribution is -2.57. The first kappa shape index (κ1) is 18.7. The molecule has 0 aromatic heterocycles. The summed E-state index contributed by atoms with van der Waals surface area (Å²) in [7, 11) is 0. The number of carbonyl (C=O) groups is 3. The Morgan fingerprint density at radius 3 is 2.12 bits per heavy atom. The second kappa shape index (κ2) is 6.37. The number of hydrogen-bond acceptors (Lipinski definition) is 3. The molecule has 0 aromatic carbocycles. The zero-order valence-corrected chi connectivity index (χ0v) is 15.8. The molecule has 0 aromatic rings. The summed E-state index contributed by atoms with van der Waals surface area (Å²) in [4.78, 5) is 39.6. The highest BCUT2D eigenvalue weighted by atomic mass is 16.2. The van der Waals surface area contributed by atoms with Crippen LogP contribution in [0.25, 0.3) is 0 Å². The second-order valence-corrected chi connectivity index (χ2v) is 9.21. The van der Waals surface area contributed by atoms with Gasteiger partial charge in [-0.05, 0) is 16.7 Å². The molecule has 2 rings (SSSR count). The number of carbonyl (C=O) groups excluding carboxylic acids is 3. The van der Waals surface area contributed by atoms with E-state index in [0.29, 0.717) is 12.5 Å². The van der Waals surface area contributed by atoms with Crippen molar-refractivity contribution < 1.29 is 14.4 Å². The van der Waals surface area contributed by atoms with E-state index in [-0.39, 0.29) is 47.6 Å². The van der Waals surface area contributed by atoms with Crippen LogP contribution < -0.4 is 5.32 Å². The molecule has 2 heterocycles. The molecule has 24 heavy (non-hydrogen) atoms. The van der Waals surface area contributed by atoms with Crippen molar-refractivity contribution >= 4 is 17.8 Å². The molecule has 2 fully saturated rings. The van der Waals surface area contributed by atoms with E-state index in [2.05, 4.69) is 26.1 Å². The molecule has 1 atom stereocenters. The van der Waals surface area contributed by atoms with Crippen molar-refractivity contribution in [3.63, 3.8) is 0 Å². The summed E-state index contributed by atoms with van der Waals surface area (Å²) >= 11 is 0. The van der Waals surface area contributed by atoms with Crippen molar-refractivity contribution in [2.45, 2.75) is 48.0 Å². The van der Waals surface area contributed by atoms with Crippen molar-refractivity contribution in [1.29, 1.82) is 0 Å². The lowest BCUT2D eigenvalue weighted by atomic mass is 9.76. The molecule has 0 spiro atoms. The molecule has 0 radical (unpaired) electrons. The summed E-state index contributed by atoms with van der Waals surface area (Å²) in [6, 6.07) is -0.109. The lowest BCUT2D eigenvalue weighted by Gasteiger charge is -2.46. The number of amides is 4. The van der Waals surface area contributed by atoms with Crippen LogP contribution in [0.5, 0.6) is 0 Å². The minimum atomic E-state index is -0.261. The molecule has 2 saturated heterocycles. The molecular weight excluding hydrogens is 306 g/mol. The van der Waals surface area contributed by atoms with Crippen LogP contribution in [0.15, 0.2) is 0 Å².